The van der Waals surface area contributed by atoms with Crippen LogP contribution >= 0.6 is 0 Å². The van der Waals surface area contributed by atoms with E-state index < -0.39 is 6.36 Å². The third-order valence-corrected chi connectivity index (χ3v) is 5.97. The lowest BCUT2D eigenvalue weighted by molar-refractivity contribution is -0.274. The Morgan fingerprint density at radius 3 is 2.12 bits per heavy atom. The van der Waals surface area contributed by atoms with Crippen LogP contribution in [0.4, 0.5) is 13.2 Å². The molecule has 1 aliphatic carbocycles. The number of halogens is 3. The molecule has 2 rings (SSSR count). The Bertz CT molecular complexity index is 501. The zero-order chi connectivity index (χ0) is 18.4. The molecule has 0 radical (unpaired) electrons. The first-order chi connectivity index (χ1) is 11.8. The molecule has 25 heavy (non-hydrogen) atoms. The summed E-state index contributed by atoms with van der Waals surface area (Å²) in [4.78, 5) is 0. The van der Waals surface area contributed by atoms with Crippen molar-refractivity contribution < 1.29 is 17.9 Å². The SMILES string of the molecule is CCC(C)CCC(C)C1CCC(c2ccc(OC(F)(F)F)cc2)CC1. The molecule has 0 aromatic heterocycles. The second-order valence-corrected chi connectivity index (χ2v) is 7.80. The first-order valence-electron chi connectivity index (χ1n) is 9.64. The molecular formula is C21H31F3O. The fraction of sp³-hybridized carbons (Fsp3) is 0.714. The third kappa shape index (κ3) is 6.56. The summed E-state index contributed by atoms with van der Waals surface area (Å²) in [5.74, 6) is 2.73. The van der Waals surface area contributed by atoms with Crippen molar-refractivity contribution in [3.63, 3.8) is 0 Å². The van der Waals surface area contributed by atoms with E-state index in [1.54, 1.807) is 12.1 Å². The second-order valence-electron chi connectivity index (χ2n) is 7.80. The number of alkyl halides is 3. The van der Waals surface area contributed by atoms with Gasteiger partial charge in [0.15, 0.2) is 0 Å². The molecule has 4 heteroatoms. The molecule has 0 aliphatic heterocycles. The highest BCUT2D eigenvalue weighted by molar-refractivity contribution is 5.29. The summed E-state index contributed by atoms with van der Waals surface area (Å²) in [7, 11) is 0. The molecule has 0 bridgehead atoms. The van der Waals surface area contributed by atoms with Crippen molar-refractivity contribution >= 4 is 0 Å². The number of benzene rings is 1. The minimum absolute atomic E-state index is 0.136. The average Bonchev–Trinajstić information content (AvgIpc) is 2.59. The monoisotopic (exact) mass is 356 g/mol. The predicted octanol–water partition coefficient (Wildman–Crippen LogP) is 7.32. The van der Waals surface area contributed by atoms with Gasteiger partial charge < -0.3 is 4.74 Å². The van der Waals surface area contributed by atoms with Crippen molar-refractivity contribution in [3.8, 4) is 5.75 Å². The van der Waals surface area contributed by atoms with Crippen molar-refractivity contribution in [2.45, 2.75) is 78.0 Å². The van der Waals surface area contributed by atoms with Gasteiger partial charge in [-0.1, -0.05) is 52.2 Å². The summed E-state index contributed by atoms with van der Waals surface area (Å²) < 4.78 is 40.6. The van der Waals surface area contributed by atoms with Gasteiger partial charge in [-0.2, -0.15) is 0 Å². The first-order valence-corrected chi connectivity index (χ1v) is 9.64. The lowest BCUT2D eigenvalue weighted by atomic mass is 9.73. The van der Waals surface area contributed by atoms with E-state index in [-0.39, 0.29) is 5.75 Å². The minimum atomic E-state index is -4.62. The van der Waals surface area contributed by atoms with E-state index in [1.807, 2.05) is 0 Å². The Hall–Kier alpha value is -1.19. The third-order valence-electron chi connectivity index (χ3n) is 5.97. The number of rotatable bonds is 7. The fourth-order valence-electron chi connectivity index (χ4n) is 3.95. The average molecular weight is 356 g/mol. The molecule has 1 nitrogen and oxygen atoms in total. The molecule has 1 aliphatic rings. The van der Waals surface area contributed by atoms with Crippen LogP contribution in [0.1, 0.15) is 77.2 Å². The summed E-state index contributed by atoms with van der Waals surface area (Å²) in [6.45, 7) is 6.97. The predicted molar refractivity (Wildman–Crippen MR) is 95.7 cm³/mol. The highest BCUT2D eigenvalue weighted by atomic mass is 19.4. The van der Waals surface area contributed by atoms with Gasteiger partial charge in [0.2, 0.25) is 0 Å². The molecule has 1 aromatic rings. The smallest absolute Gasteiger partial charge is 0.406 e. The van der Waals surface area contributed by atoms with Gasteiger partial charge in [-0.15, -0.1) is 13.2 Å². The minimum Gasteiger partial charge on any atom is -0.406 e. The Balaban J connectivity index is 1.81. The van der Waals surface area contributed by atoms with Crippen molar-refractivity contribution in [1.29, 1.82) is 0 Å². The molecular weight excluding hydrogens is 325 g/mol. The van der Waals surface area contributed by atoms with Crippen molar-refractivity contribution in [3.05, 3.63) is 29.8 Å². The van der Waals surface area contributed by atoms with Gasteiger partial charge >= 0.3 is 6.36 Å². The molecule has 2 atom stereocenters. The summed E-state index contributed by atoms with van der Waals surface area (Å²) in [5, 5.41) is 0. The zero-order valence-electron chi connectivity index (χ0n) is 15.6. The van der Waals surface area contributed by atoms with Crippen molar-refractivity contribution in [1.82, 2.24) is 0 Å². The molecule has 1 aromatic carbocycles. The van der Waals surface area contributed by atoms with Crippen LogP contribution < -0.4 is 4.74 Å². The summed E-state index contributed by atoms with van der Waals surface area (Å²) in [5.41, 5.74) is 1.14. The summed E-state index contributed by atoms with van der Waals surface area (Å²) in [6, 6.07) is 6.45. The van der Waals surface area contributed by atoms with E-state index in [0.717, 1.165) is 36.2 Å². The molecule has 1 fully saturated rings. The Kier molecular flexibility index (Phi) is 7.21. The molecule has 1 saturated carbocycles. The van der Waals surface area contributed by atoms with Gasteiger partial charge in [0.05, 0.1) is 0 Å². The lowest BCUT2D eigenvalue weighted by Crippen LogP contribution is -2.20. The van der Waals surface area contributed by atoms with Crippen LogP contribution in [0.5, 0.6) is 5.75 Å². The van der Waals surface area contributed by atoms with E-state index in [9.17, 15) is 13.2 Å². The highest BCUT2D eigenvalue weighted by Crippen LogP contribution is 2.40. The van der Waals surface area contributed by atoms with Crippen LogP contribution in [0, 0.1) is 17.8 Å². The maximum atomic E-state index is 12.2. The van der Waals surface area contributed by atoms with Crippen molar-refractivity contribution in [2.24, 2.45) is 17.8 Å². The van der Waals surface area contributed by atoms with E-state index >= 15 is 0 Å². The Labute approximate surface area is 150 Å². The molecule has 0 N–H and O–H groups in total. The molecule has 142 valence electrons. The largest absolute Gasteiger partial charge is 0.573 e. The van der Waals surface area contributed by atoms with Crippen LogP contribution in [0.15, 0.2) is 24.3 Å². The first kappa shape index (κ1) is 20.1. The quantitative estimate of drug-likeness (QED) is 0.497. The molecule has 0 spiro atoms. The van der Waals surface area contributed by atoms with Gasteiger partial charge in [-0.25, -0.2) is 0 Å². The summed E-state index contributed by atoms with van der Waals surface area (Å²) >= 11 is 0. The second kappa shape index (κ2) is 8.95. The van der Waals surface area contributed by atoms with Crippen LogP contribution in [-0.4, -0.2) is 6.36 Å². The van der Waals surface area contributed by atoms with E-state index in [2.05, 4.69) is 25.5 Å². The molecule has 0 amide bonds. The van der Waals surface area contributed by atoms with Crippen LogP contribution in [0.3, 0.4) is 0 Å². The van der Waals surface area contributed by atoms with Crippen LogP contribution in [0.25, 0.3) is 0 Å². The molecule has 0 heterocycles. The maximum absolute atomic E-state index is 12.2. The van der Waals surface area contributed by atoms with Gasteiger partial charge in [0.25, 0.3) is 0 Å². The Morgan fingerprint density at radius 1 is 1.00 bits per heavy atom. The molecule has 0 saturated heterocycles. The highest BCUT2D eigenvalue weighted by Gasteiger charge is 2.31. The molecule has 2 unspecified atom stereocenters. The van der Waals surface area contributed by atoms with Crippen LogP contribution in [0.2, 0.25) is 0 Å². The Morgan fingerprint density at radius 2 is 1.60 bits per heavy atom. The number of hydrogen-bond donors (Lipinski definition) is 0. The van der Waals surface area contributed by atoms with Gasteiger partial charge in [-0.05, 0) is 67.1 Å². The normalized spacial score (nSPS) is 23.9. The topological polar surface area (TPSA) is 9.23 Å². The fourth-order valence-corrected chi connectivity index (χ4v) is 3.95. The lowest BCUT2D eigenvalue weighted by Gasteiger charge is -2.33. The van der Waals surface area contributed by atoms with Gasteiger partial charge in [0.1, 0.15) is 5.75 Å². The maximum Gasteiger partial charge on any atom is 0.573 e. The number of ether oxygens (including phenoxy) is 1. The van der Waals surface area contributed by atoms with Gasteiger partial charge in [0, 0.05) is 0 Å². The van der Waals surface area contributed by atoms with Crippen molar-refractivity contribution in [2.75, 3.05) is 0 Å². The van der Waals surface area contributed by atoms with E-state index in [4.69, 9.17) is 0 Å². The standard InChI is InChI=1S/C21H31F3O/c1-4-15(2)5-6-16(3)17-7-9-18(10-8-17)19-11-13-20(14-12-19)25-21(22,23)24/h11-18H,4-10H2,1-3H3. The van der Waals surface area contributed by atoms with Crippen LogP contribution in [-0.2, 0) is 0 Å². The van der Waals surface area contributed by atoms with Gasteiger partial charge in [-0.3, -0.25) is 0 Å². The summed E-state index contributed by atoms with van der Waals surface area (Å²) in [6.07, 6.45) is 4.00. The van der Waals surface area contributed by atoms with E-state index in [0.29, 0.717) is 5.92 Å². The zero-order valence-corrected chi connectivity index (χ0v) is 15.6. The number of hydrogen-bond acceptors (Lipinski definition) is 1. The van der Waals surface area contributed by atoms with E-state index in [1.165, 1.54) is 44.2 Å².